The van der Waals surface area contributed by atoms with Crippen molar-refractivity contribution < 1.29 is 13.2 Å². The maximum absolute atomic E-state index is 11.5. The summed E-state index contributed by atoms with van der Waals surface area (Å²) in [4.78, 5) is 0. The Morgan fingerprint density at radius 3 is 2.78 bits per heavy atom. The molecule has 1 aliphatic rings. The van der Waals surface area contributed by atoms with E-state index in [4.69, 9.17) is 4.74 Å². The monoisotopic (exact) mass is 269 g/mol. The summed E-state index contributed by atoms with van der Waals surface area (Å²) in [7, 11) is -2.90. The largest absolute Gasteiger partial charge is 0.384 e. The summed E-state index contributed by atoms with van der Waals surface area (Å²) in [5, 5.41) is 3.15. The van der Waals surface area contributed by atoms with Crippen LogP contribution in [0, 0.1) is 0 Å². The summed E-state index contributed by atoms with van der Waals surface area (Å²) in [5.41, 5.74) is 3.38. The molecule has 0 saturated heterocycles. The van der Waals surface area contributed by atoms with Crippen LogP contribution in [0.1, 0.15) is 24.5 Å². The summed E-state index contributed by atoms with van der Waals surface area (Å²) in [5.74, 6) is 0.459. The van der Waals surface area contributed by atoms with Crippen LogP contribution in [0.25, 0.3) is 0 Å². The first kappa shape index (κ1) is 13.4. The van der Waals surface area contributed by atoms with Crippen LogP contribution in [-0.4, -0.2) is 26.5 Å². The first-order valence-corrected chi connectivity index (χ1v) is 8.07. The number of anilines is 1. The van der Waals surface area contributed by atoms with Crippen molar-refractivity contribution in [2.24, 2.45) is 0 Å². The highest BCUT2D eigenvalue weighted by Crippen LogP contribution is 2.22. The summed E-state index contributed by atoms with van der Waals surface area (Å²) in [6.07, 6.45) is 0.679. The number of benzene rings is 1. The Labute approximate surface area is 108 Å². The van der Waals surface area contributed by atoms with Gasteiger partial charge in [0.1, 0.15) is 0 Å². The summed E-state index contributed by atoms with van der Waals surface area (Å²) in [6.45, 7) is 3.67. The van der Waals surface area contributed by atoms with Gasteiger partial charge in [-0.1, -0.05) is 13.0 Å². The van der Waals surface area contributed by atoms with Gasteiger partial charge in [0.2, 0.25) is 0 Å². The second kappa shape index (κ2) is 5.71. The summed E-state index contributed by atoms with van der Waals surface area (Å²) < 4.78 is 28.4. The van der Waals surface area contributed by atoms with E-state index in [2.05, 4.69) is 5.32 Å². The first-order valence-electron chi connectivity index (χ1n) is 6.24. The Morgan fingerprint density at radius 2 is 2.00 bits per heavy atom. The van der Waals surface area contributed by atoms with Gasteiger partial charge in [-0.2, -0.15) is 0 Å². The van der Waals surface area contributed by atoms with Crippen LogP contribution in [0.3, 0.4) is 0 Å². The molecule has 0 unspecified atom stereocenters. The molecule has 0 aromatic heterocycles. The number of hydrogen-bond acceptors (Lipinski definition) is 4. The summed E-state index contributed by atoms with van der Waals surface area (Å²) in [6, 6.07) is 6.04. The third-order valence-electron chi connectivity index (χ3n) is 2.98. The second-order valence-corrected chi connectivity index (χ2v) is 6.86. The second-order valence-electron chi connectivity index (χ2n) is 4.55. The predicted octanol–water partition coefficient (Wildman–Crippen LogP) is 1.95. The van der Waals surface area contributed by atoms with Crippen LogP contribution in [0.2, 0.25) is 0 Å². The fraction of sp³-hybridized carbons (Fsp3) is 0.538. The lowest BCUT2D eigenvalue weighted by molar-refractivity contribution is 0.134. The molecule has 1 aromatic carbocycles. The number of hydrogen-bond donors (Lipinski definition) is 1. The third-order valence-corrected chi connectivity index (χ3v) is 4.84. The molecule has 0 fully saturated rings. The van der Waals surface area contributed by atoms with Gasteiger partial charge < -0.3 is 10.1 Å². The molecule has 4 nitrogen and oxygen atoms in total. The molecule has 5 heteroatoms. The topological polar surface area (TPSA) is 55.4 Å². The molecule has 0 atom stereocenters. The molecule has 1 N–H and O–H groups in total. The maximum atomic E-state index is 11.5. The number of ether oxygens (including phenoxy) is 1. The Balaban J connectivity index is 1.87. The lowest BCUT2D eigenvalue weighted by Crippen LogP contribution is -2.18. The number of sulfone groups is 1. The first-order chi connectivity index (χ1) is 8.61. The zero-order chi connectivity index (χ0) is 13.0. The quantitative estimate of drug-likeness (QED) is 0.857. The lowest BCUT2D eigenvalue weighted by Gasteiger charge is -2.08. The van der Waals surface area contributed by atoms with E-state index in [-0.39, 0.29) is 11.5 Å². The van der Waals surface area contributed by atoms with Gasteiger partial charge in [-0.05, 0) is 29.7 Å². The Hall–Kier alpha value is -1.07. The van der Waals surface area contributed by atoms with Crippen molar-refractivity contribution >= 4 is 15.5 Å². The molecule has 0 aliphatic carbocycles. The molecular weight excluding hydrogens is 250 g/mol. The van der Waals surface area contributed by atoms with E-state index >= 15 is 0 Å². The van der Waals surface area contributed by atoms with Crippen molar-refractivity contribution in [1.29, 1.82) is 0 Å². The third kappa shape index (κ3) is 3.46. The van der Waals surface area contributed by atoms with Crippen molar-refractivity contribution in [1.82, 2.24) is 0 Å². The van der Waals surface area contributed by atoms with Gasteiger partial charge in [0, 0.05) is 18.0 Å². The van der Waals surface area contributed by atoms with Crippen molar-refractivity contribution in [3.05, 3.63) is 29.3 Å². The average Bonchev–Trinajstić information content (AvgIpc) is 2.75. The smallest absolute Gasteiger partial charge is 0.152 e. The highest BCUT2D eigenvalue weighted by Gasteiger charge is 2.12. The minimum absolute atomic E-state index is 0.189. The molecule has 2 rings (SSSR count). The Kier molecular flexibility index (Phi) is 4.24. The number of rotatable bonds is 6. The molecule has 0 radical (unpaired) electrons. The molecule has 0 saturated carbocycles. The highest BCUT2D eigenvalue weighted by atomic mass is 32.2. The number of nitrogens with one attached hydrogen (secondary N) is 1. The Bertz CT molecular complexity index is 511. The van der Waals surface area contributed by atoms with Gasteiger partial charge in [-0.25, -0.2) is 8.42 Å². The molecule has 1 heterocycles. The van der Waals surface area contributed by atoms with Gasteiger partial charge in [0.15, 0.2) is 9.84 Å². The molecular formula is C13H19NO3S. The molecule has 0 bridgehead atoms. The van der Waals surface area contributed by atoms with Gasteiger partial charge in [0.05, 0.1) is 19.0 Å². The van der Waals surface area contributed by atoms with E-state index in [1.165, 1.54) is 11.1 Å². The molecule has 0 amide bonds. The van der Waals surface area contributed by atoms with Crippen molar-refractivity contribution in [2.75, 3.05) is 23.4 Å². The minimum Gasteiger partial charge on any atom is -0.384 e. The average molecular weight is 269 g/mol. The van der Waals surface area contributed by atoms with Crippen LogP contribution in [0.4, 0.5) is 5.69 Å². The highest BCUT2D eigenvalue weighted by molar-refractivity contribution is 7.91. The molecule has 100 valence electrons. The molecule has 1 aliphatic heterocycles. The standard InChI is InChI=1S/C13H19NO3S/c1-2-6-18(15,16)7-5-14-13-4-3-11-9-17-10-12(11)8-13/h3-4,8,14H,2,5-7,9-10H2,1H3. The minimum atomic E-state index is -2.90. The van der Waals surface area contributed by atoms with Crippen molar-refractivity contribution in [3.8, 4) is 0 Å². The van der Waals surface area contributed by atoms with E-state index in [1.807, 2.05) is 25.1 Å². The summed E-state index contributed by atoms with van der Waals surface area (Å²) >= 11 is 0. The van der Waals surface area contributed by atoms with E-state index in [1.54, 1.807) is 0 Å². The predicted molar refractivity (Wildman–Crippen MR) is 72.4 cm³/mol. The van der Waals surface area contributed by atoms with Gasteiger partial charge in [-0.3, -0.25) is 0 Å². The van der Waals surface area contributed by atoms with Gasteiger partial charge in [0.25, 0.3) is 0 Å². The van der Waals surface area contributed by atoms with Gasteiger partial charge >= 0.3 is 0 Å². The van der Waals surface area contributed by atoms with Crippen LogP contribution < -0.4 is 5.32 Å². The Morgan fingerprint density at radius 1 is 1.22 bits per heavy atom. The van der Waals surface area contributed by atoms with Crippen molar-refractivity contribution in [2.45, 2.75) is 26.6 Å². The zero-order valence-electron chi connectivity index (χ0n) is 10.6. The lowest BCUT2D eigenvalue weighted by atomic mass is 10.1. The van der Waals surface area contributed by atoms with E-state index in [0.717, 1.165) is 5.69 Å². The fourth-order valence-electron chi connectivity index (χ4n) is 2.05. The SMILES string of the molecule is CCCS(=O)(=O)CCNc1ccc2c(c1)COC2. The van der Waals surface area contributed by atoms with E-state index < -0.39 is 9.84 Å². The molecule has 1 aromatic rings. The number of fused-ring (bicyclic) bond motifs is 1. The van der Waals surface area contributed by atoms with Crippen molar-refractivity contribution in [3.63, 3.8) is 0 Å². The molecule has 0 spiro atoms. The van der Waals surface area contributed by atoms with E-state index in [0.29, 0.717) is 26.2 Å². The van der Waals surface area contributed by atoms with Gasteiger partial charge in [-0.15, -0.1) is 0 Å². The van der Waals surface area contributed by atoms with Crippen LogP contribution >= 0.6 is 0 Å². The maximum Gasteiger partial charge on any atom is 0.152 e. The van der Waals surface area contributed by atoms with Crippen LogP contribution in [0.5, 0.6) is 0 Å². The normalized spacial score (nSPS) is 14.5. The fourth-order valence-corrected chi connectivity index (χ4v) is 3.29. The van der Waals surface area contributed by atoms with Crippen LogP contribution in [0.15, 0.2) is 18.2 Å². The van der Waals surface area contributed by atoms with Crippen LogP contribution in [-0.2, 0) is 27.8 Å². The zero-order valence-corrected chi connectivity index (χ0v) is 11.4. The van der Waals surface area contributed by atoms with E-state index in [9.17, 15) is 8.42 Å². The molecule has 18 heavy (non-hydrogen) atoms.